The molecular weight excluding hydrogens is 355 g/mol. The molecule has 0 saturated carbocycles. The van der Waals surface area contributed by atoms with E-state index in [-0.39, 0.29) is 12.5 Å². The van der Waals surface area contributed by atoms with Crippen LogP contribution in [0.1, 0.15) is 0 Å². The standard InChI is InChI=1S/C14H13IN2O2/c15-10-4-3-5-11(8-10)17-14(18)9-19-13-7-2-1-6-12(13)16/h1-8H,9,16H2,(H,17,18). The van der Waals surface area contributed by atoms with E-state index < -0.39 is 0 Å². The third kappa shape index (κ3) is 4.13. The lowest BCUT2D eigenvalue weighted by molar-refractivity contribution is -0.118. The van der Waals surface area contributed by atoms with Crippen molar-refractivity contribution in [3.05, 3.63) is 52.1 Å². The minimum atomic E-state index is -0.217. The first-order valence-corrected chi connectivity index (χ1v) is 6.76. The zero-order valence-corrected chi connectivity index (χ0v) is 12.3. The van der Waals surface area contributed by atoms with Gasteiger partial charge < -0.3 is 15.8 Å². The van der Waals surface area contributed by atoms with E-state index >= 15 is 0 Å². The first-order valence-electron chi connectivity index (χ1n) is 5.68. The number of ether oxygens (including phenoxy) is 1. The van der Waals surface area contributed by atoms with Crippen molar-refractivity contribution >= 4 is 39.9 Å². The van der Waals surface area contributed by atoms with E-state index in [9.17, 15) is 4.79 Å². The van der Waals surface area contributed by atoms with Gasteiger partial charge in [0.1, 0.15) is 5.75 Å². The van der Waals surface area contributed by atoms with Crippen molar-refractivity contribution in [2.45, 2.75) is 0 Å². The minimum Gasteiger partial charge on any atom is -0.482 e. The Labute approximate surface area is 125 Å². The van der Waals surface area contributed by atoms with Crippen LogP contribution >= 0.6 is 22.6 Å². The Balaban J connectivity index is 1.90. The van der Waals surface area contributed by atoms with E-state index in [4.69, 9.17) is 10.5 Å². The second kappa shape index (κ2) is 6.42. The Morgan fingerprint density at radius 1 is 1.21 bits per heavy atom. The maximum Gasteiger partial charge on any atom is 0.262 e. The van der Waals surface area contributed by atoms with Crippen molar-refractivity contribution in [3.8, 4) is 5.75 Å². The molecule has 3 N–H and O–H groups in total. The number of nitrogens with two attached hydrogens (primary N) is 1. The average molecular weight is 368 g/mol. The van der Waals surface area contributed by atoms with Crippen molar-refractivity contribution in [3.63, 3.8) is 0 Å². The molecule has 0 radical (unpaired) electrons. The summed E-state index contributed by atoms with van der Waals surface area (Å²) in [6.07, 6.45) is 0. The fourth-order valence-corrected chi connectivity index (χ4v) is 2.06. The predicted molar refractivity (Wildman–Crippen MR) is 84.1 cm³/mol. The third-order valence-electron chi connectivity index (χ3n) is 2.39. The van der Waals surface area contributed by atoms with Gasteiger partial charge in [-0.2, -0.15) is 0 Å². The number of rotatable bonds is 4. The molecule has 0 bridgehead atoms. The van der Waals surface area contributed by atoms with Gasteiger partial charge in [0.05, 0.1) is 5.69 Å². The fourth-order valence-electron chi connectivity index (χ4n) is 1.52. The predicted octanol–water partition coefficient (Wildman–Crippen LogP) is 2.89. The van der Waals surface area contributed by atoms with Gasteiger partial charge in [-0.05, 0) is 52.9 Å². The average Bonchev–Trinajstić information content (AvgIpc) is 2.38. The molecule has 0 unspecified atom stereocenters. The number of amides is 1. The number of benzene rings is 2. The minimum absolute atomic E-state index is 0.0698. The Morgan fingerprint density at radius 2 is 2.00 bits per heavy atom. The summed E-state index contributed by atoms with van der Waals surface area (Å²) in [5.41, 5.74) is 6.99. The molecule has 2 aromatic carbocycles. The quantitative estimate of drug-likeness (QED) is 0.645. The molecule has 2 rings (SSSR count). The van der Waals surface area contributed by atoms with E-state index in [1.165, 1.54) is 0 Å². The molecule has 0 aliphatic rings. The van der Waals surface area contributed by atoms with Crippen LogP contribution in [-0.2, 0) is 4.79 Å². The summed E-state index contributed by atoms with van der Waals surface area (Å²) >= 11 is 2.19. The van der Waals surface area contributed by atoms with Crippen LogP contribution in [0.3, 0.4) is 0 Å². The molecule has 0 fully saturated rings. The number of nitrogens with one attached hydrogen (secondary N) is 1. The Morgan fingerprint density at radius 3 is 2.74 bits per heavy atom. The summed E-state index contributed by atoms with van der Waals surface area (Å²) in [7, 11) is 0. The fraction of sp³-hybridized carbons (Fsp3) is 0.0714. The normalized spacial score (nSPS) is 9.95. The number of para-hydroxylation sites is 2. The number of carbonyl (C=O) groups is 1. The van der Waals surface area contributed by atoms with Gasteiger partial charge in [0.2, 0.25) is 0 Å². The molecule has 2 aromatic rings. The second-order valence-electron chi connectivity index (χ2n) is 3.89. The molecule has 5 heteroatoms. The maximum atomic E-state index is 11.7. The highest BCUT2D eigenvalue weighted by Gasteiger charge is 2.05. The molecule has 0 spiro atoms. The van der Waals surface area contributed by atoms with E-state index in [0.717, 1.165) is 9.26 Å². The molecule has 0 aliphatic carbocycles. The molecule has 0 aromatic heterocycles. The maximum absolute atomic E-state index is 11.7. The first-order chi connectivity index (χ1) is 9.15. The summed E-state index contributed by atoms with van der Waals surface area (Å²) in [4.78, 5) is 11.7. The van der Waals surface area contributed by atoms with Crippen LogP contribution in [0.4, 0.5) is 11.4 Å². The number of hydrogen-bond acceptors (Lipinski definition) is 3. The van der Waals surface area contributed by atoms with Gasteiger partial charge >= 0.3 is 0 Å². The smallest absolute Gasteiger partial charge is 0.262 e. The van der Waals surface area contributed by atoms with Crippen LogP contribution in [0.5, 0.6) is 5.75 Å². The molecule has 0 saturated heterocycles. The van der Waals surface area contributed by atoms with Crippen molar-refractivity contribution in [2.75, 3.05) is 17.7 Å². The van der Waals surface area contributed by atoms with Crippen molar-refractivity contribution in [1.29, 1.82) is 0 Å². The van der Waals surface area contributed by atoms with E-state index in [2.05, 4.69) is 27.9 Å². The third-order valence-corrected chi connectivity index (χ3v) is 3.06. The molecule has 0 heterocycles. The van der Waals surface area contributed by atoms with Gasteiger partial charge in [-0.15, -0.1) is 0 Å². The Bertz CT molecular complexity index is 587. The van der Waals surface area contributed by atoms with Gasteiger partial charge in [-0.3, -0.25) is 4.79 Å². The molecule has 4 nitrogen and oxygen atoms in total. The Kier molecular flexibility index (Phi) is 4.62. The number of halogens is 1. The molecule has 19 heavy (non-hydrogen) atoms. The van der Waals surface area contributed by atoms with Crippen molar-refractivity contribution in [2.24, 2.45) is 0 Å². The zero-order chi connectivity index (χ0) is 13.7. The lowest BCUT2D eigenvalue weighted by atomic mass is 10.3. The van der Waals surface area contributed by atoms with Gasteiger partial charge in [-0.25, -0.2) is 0 Å². The highest BCUT2D eigenvalue weighted by atomic mass is 127. The monoisotopic (exact) mass is 368 g/mol. The second-order valence-corrected chi connectivity index (χ2v) is 5.13. The largest absolute Gasteiger partial charge is 0.482 e. The first kappa shape index (κ1) is 13.7. The number of carbonyl (C=O) groups excluding carboxylic acids is 1. The highest BCUT2D eigenvalue weighted by molar-refractivity contribution is 14.1. The summed E-state index contributed by atoms with van der Waals surface area (Å²) in [5.74, 6) is 0.297. The SMILES string of the molecule is Nc1ccccc1OCC(=O)Nc1cccc(I)c1. The van der Waals surface area contributed by atoms with Gasteiger partial charge in [0.25, 0.3) is 5.91 Å². The summed E-state index contributed by atoms with van der Waals surface area (Å²) < 4.78 is 6.42. The summed E-state index contributed by atoms with van der Waals surface area (Å²) in [6.45, 7) is -0.0698. The van der Waals surface area contributed by atoms with Gasteiger partial charge in [0.15, 0.2) is 6.61 Å². The zero-order valence-electron chi connectivity index (χ0n) is 10.1. The van der Waals surface area contributed by atoms with Crippen LogP contribution in [-0.4, -0.2) is 12.5 Å². The van der Waals surface area contributed by atoms with E-state index in [1.807, 2.05) is 36.4 Å². The number of anilines is 2. The number of nitrogen functional groups attached to an aromatic ring is 1. The Hall–Kier alpha value is -1.76. The summed E-state index contributed by atoms with van der Waals surface area (Å²) in [6, 6.07) is 14.6. The lowest BCUT2D eigenvalue weighted by Crippen LogP contribution is -2.20. The van der Waals surface area contributed by atoms with Crippen LogP contribution in [0.2, 0.25) is 0 Å². The summed E-state index contributed by atoms with van der Waals surface area (Å²) in [5, 5.41) is 2.76. The van der Waals surface area contributed by atoms with Gasteiger partial charge in [0, 0.05) is 9.26 Å². The van der Waals surface area contributed by atoms with Crippen LogP contribution < -0.4 is 15.8 Å². The van der Waals surface area contributed by atoms with Gasteiger partial charge in [-0.1, -0.05) is 18.2 Å². The lowest BCUT2D eigenvalue weighted by Gasteiger charge is -2.09. The van der Waals surface area contributed by atoms with Crippen LogP contribution in [0.25, 0.3) is 0 Å². The molecule has 0 atom stereocenters. The molecule has 1 amide bonds. The number of hydrogen-bond donors (Lipinski definition) is 2. The molecule has 0 aliphatic heterocycles. The molecule has 98 valence electrons. The highest BCUT2D eigenvalue weighted by Crippen LogP contribution is 2.19. The van der Waals surface area contributed by atoms with Crippen LogP contribution in [0, 0.1) is 3.57 Å². The van der Waals surface area contributed by atoms with Crippen LogP contribution in [0.15, 0.2) is 48.5 Å². The topological polar surface area (TPSA) is 64.3 Å². The van der Waals surface area contributed by atoms with Crippen molar-refractivity contribution < 1.29 is 9.53 Å². The van der Waals surface area contributed by atoms with E-state index in [0.29, 0.717) is 11.4 Å². The molecular formula is C14H13IN2O2. The van der Waals surface area contributed by atoms with Crippen molar-refractivity contribution in [1.82, 2.24) is 0 Å². The van der Waals surface area contributed by atoms with E-state index in [1.54, 1.807) is 12.1 Å².